The maximum atomic E-state index is 5.60. The maximum absolute atomic E-state index is 5.60. The lowest BCUT2D eigenvalue weighted by Gasteiger charge is -2.08. The molecule has 2 aromatic heterocycles. The van der Waals surface area contributed by atoms with E-state index >= 15 is 0 Å². The van der Waals surface area contributed by atoms with Crippen LogP contribution in [0.1, 0.15) is 26.0 Å². The van der Waals surface area contributed by atoms with E-state index in [1.54, 1.807) is 6.26 Å². The molecule has 0 saturated carbocycles. The number of benzene rings is 1. The van der Waals surface area contributed by atoms with Crippen LogP contribution in [0.3, 0.4) is 0 Å². The SMILES string of the molecule is CCCNc1cc(CC)nc(-c2coc3ccccc23)n1. The normalized spacial score (nSPS) is 11.0. The zero-order chi connectivity index (χ0) is 14.7. The van der Waals surface area contributed by atoms with Gasteiger partial charge in [-0.1, -0.05) is 32.0 Å². The van der Waals surface area contributed by atoms with Gasteiger partial charge >= 0.3 is 0 Å². The number of furan rings is 1. The number of hydrogen-bond acceptors (Lipinski definition) is 4. The topological polar surface area (TPSA) is 51.0 Å². The van der Waals surface area contributed by atoms with Crippen LogP contribution in [-0.2, 0) is 6.42 Å². The van der Waals surface area contributed by atoms with Crippen LogP contribution in [-0.4, -0.2) is 16.5 Å². The van der Waals surface area contributed by atoms with Gasteiger partial charge in [0.15, 0.2) is 5.82 Å². The van der Waals surface area contributed by atoms with E-state index in [1.807, 2.05) is 30.3 Å². The van der Waals surface area contributed by atoms with Crippen LogP contribution < -0.4 is 5.32 Å². The predicted molar refractivity (Wildman–Crippen MR) is 85.4 cm³/mol. The highest BCUT2D eigenvalue weighted by Crippen LogP contribution is 2.29. The van der Waals surface area contributed by atoms with Crippen molar-refractivity contribution in [1.82, 2.24) is 9.97 Å². The number of fused-ring (bicyclic) bond motifs is 1. The minimum atomic E-state index is 0.720. The molecule has 4 heteroatoms. The van der Waals surface area contributed by atoms with Gasteiger partial charge in [-0.2, -0.15) is 0 Å². The number of nitrogens with zero attached hydrogens (tertiary/aromatic N) is 2. The molecular weight excluding hydrogens is 262 g/mol. The Labute approximate surface area is 124 Å². The zero-order valence-electron chi connectivity index (χ0n) is 12.4. The summed E-state index contributed by atoms with van der Waals surface area (Å²) in [5.41, 5.74) is 2.84. The summed E-state index contributed by atoms with van der Waals surface area (Å²) in [5.74, 6) is 1.60. The van der Waals surface area contributed by atoms with E-state index in [-0.39, 0.29) is 0 Å². The summed E-state index contributed by atoms with van der Waals surface area (Å²) in [6, 6.07) is 9.98. The Morgan fingerprint density at radius 3 is 2.81 bits per heavy atom. The van der Waals surface area contributed by atoms with Gasteiger partial charge in [-0.3, -0.25) is 0 Å². The Bertz CT molecular complexity index is 749. The van der Waals surface area contributed by atoms with Crippen LogP contribution in [0.4, 0.5) is 5.82 Å². The minimum absolute atomic E-state index is 0.720. The predicted octanol–water partition coefficient (Wildman–Crippen LogP) is 4.27. The molecule has 3 rings (SSSR count). The number of nitrogens with one attached hydrogen (secondary N) is 1. The number of anilines is 1. The summed E-state index contributed by atoms with van der Waals surface area (Å²) in [6.07, 6.45) is 3.69. The number of hydrogen-bond donors (Lipinski definition) is 1. The lowest BCUT2D eigenvalue weighted by atomic mass is 10.1. The third-order valence-electron chi connectivity index (χ3n) is 3.42. The molecule has 21 heavy (non-hydrogen) atoms. The Morgan fingerprint density at radius 2 is 2.00 bits per heavy atom. The standard InChI is InChI=1S/C17H19N3O/c1-3-9-18-16-10-12(4-2)19-17(20-16)14-11-21-15-8-6-5-7-13(14)15/h5-8,10-11H,3-4,9H2,1-2H3,(H,18,19,20). The summed E-state index contributed by atoms with van der Waals surface area (Å²) < 4.78 is 5.60. The van der Waals surface area contributed by atoms with Crippen LogP contribution in [0.25, 0.3) is 22.4 Å². The molecule has 108 valence electrons. The highest BCUT2D eigenvalue weighted by molar-refractivity contribution is 5.92. The third-order valence-corrected chi connectivity index (χ3v) is 3.42. The van der Waals surface area contributed by atoms with Crippen molar-refractivity contribution in [2.24, 2.45) is 0 Å². The molecule has 0 amide bonds. The molecule has 0 radical (unpaired) electrons. The molecule has 0 atom stereocenters. The molecule has 0 aliphatic rings. The lowest BCUT2D eigenvalue weighted by Crippen LogP contribution is -2.05. The Kier molecular flexibility index (Phi) is 3.86. The van der Waals surface area contributed by atoms with Crippen LogP contribution >= 0.6 is 0 Å². The third kappa shape index (κ3) is 2.75. The van der Waals surface area contributed by atoms with E-state index in [9.17, 15) is 0 Å². The summed E-state index contributed by atoms with van der Waals surface area (Å²) in [7, 11) is 0. The van der Waals surface area contributed by atoms with Crippen LogP contribution in [0.15, 0.2) is 41.0 Å². The van der Waals surface area contributed by atoms with E-state index in [1.165, 1.54) is 0 Å². The monoisotopic (exact) mass is 281 g/mol. The molecule has 1 N–H and O–H groups in total. The summed E-state index contributed by atoms with van der Waals surface area (Å²) in [6.45, 7) is 5.15. The fraction of sp³-hybridized carbons (Fsp3) is 0.294. The molecule has 0 aliphatic heterocycles. The second-order valence-electron chi connectivity index (χ2n) is 4.99. The van der Waals surface area contributed by atoms with E-state index in [0.717, 1.165) is 53.3 Å². The Morgan fingerprint density at radius 1 is 1.14 bits per heavy atom. The van der Waals surface area contributed by atoms with E-state index < -0.39 is 0 Å². The van der Waals surface area contributed by atoms with Crippen LogP contribution in [0.5, 0.6) is 0 Å². The molecule has 4 nitrogen and oxygen atoms in total. The summed E-state index contributed by atoms with van der Waals surface area (Å²) in [5, 5.41) is 4.39. The molecule has 0 saturated heterocycles. The van der Waals surface area contributed by atoms with E-state index in [2.05, 4.69) is 29.1 Å². The second kappa shape index (κ2) is 5.95. The van der Waals surface area contributed by atoms with Crippen molar-refractivity contribution >= 4 is 16.8 Å². The van der Waals surface area contributed by atoms with Crippen molar-refractivity contribution in [3.05, 3.63) is 42.3 Å². The first-order valence-corrected chi connectivity index (χ1v) is 7.40. The van der Waals surface area contributed by atoms with Gasteiger partial charge in [0.25, 0.3) is 0 Å². The van der Waals surface area contributed by atoms with Gasteiger partial charge in [-0.25, -0.2) is 9.97 Å². The van der Waals surface area contributed by atoms with Crippen LogP contribution in [0.2, 0.25) is 0 Å². The van der Waals surface area contributed by atoms with Crippen molar-refractivity contribution in [3.8, 4) is 11.4 Å². The highest BCUT2D eigenvalue weighted by Gasteiger charge is 2.12. The van der Waals surface area contributed by atoms with Crippen LogP contribution in [0, 0.1) is 0 Å². The van der Waals surface area contributed by atoms with Crippen molar-refractivity contribution in [2.75, 3.05) is 11.9 Å². The first-order chi connectivity index (χ1) is 10.3. The number of rotatable bonds is 5. The minimum Gasteiger partial charge on any atom is -0.464 e. The Balaban J connectivity index is 2.08. The number of aryl methyl sites for hydroxylation is 1. The molecular formula is C17H19N3O. The van der Waals surface area contributed by atoms with Crippen molar-refractivity contribution in [3.63, 3.8) is 0 Å². The highest BCUT2D eigenvalue weighted by atomic mass is 16.3. The summed E-state index contributed by atoms with van der Waals surface area (Å²) in [4.78, 5) is 9.27. The second-order valence-corrected chi connectivity index (χ2v) is 4.99. The van der Waals surface area contributed by atoms with Crippen molar-refractivity contribution in [1.29, 1.82) is 0 Å². The smallest absolute Gasteiger partial charge is 0.165 e. The average Bonchev–Trinajstić information content (AvgIpc) is 2.96. The molecule has 1 aromatic carbocycles. The maximum Gasteiger partial charge on any atom is 0.165 e. The van der Waals surface area contributed by atoms with E-state index in [4.69, 9.17) is 4.42 Å². The lowest BCUT2D eigenvalue weighted by molar-refractivity contribution is 0.616. The molecule has 0 aliphatic carbocycles. The molecule has 3 aromatic rings. The first-order valence-electron chi connectivity index (χ1n) is 7.40. The largest absolute Gasteiger partial charge is 0.464 e. The molecule has 0 spiro atoms. The fourth-order valence-corrected chi connectivity index (χ4v) is 2.29. The Hall–Kier alpha value is -2.36. The van der Waals surface area contributed by atoms with Crippen molar-refractivity contribution in [2.45, 2.75) is 26.7 Å². The van der Waals surface area contributed by atoms with Crippen molar-refractivity contribution < 1.29 is 4.42 Å². The van der Waals surface area contributed by atoms with Gasteiger partial charge in [0.2, 0.25) is 0 Å². The molecule has 0 bridgehead atoms. The average molecular weight is 281 g/mol. The summed E-state index contributed by atoms with van der Waals surface area (Å²) >= 11 is 0. The molecule has 0 unspecified atom stereocenters. The zero-order valence-corrected chi connectivity index (χ0v) is 12.4. The fourth-order valence-electron chi connectivity index (χ4n) is 2.29. The van der Waals surface area contributed by atoms with Gasteiger partial charge in [0, 0.05) is 23.7 Å². The first kappa shape index (κ1) is 13.6. The van der Waals surface area contributed by atoms with Gasteiger partial charge in [0.1, 0.15) is 17.7 Å². The quantitative estimate of drug-likeness (QED) is 0.758. The van der Waals surface area contributed by atoms with Gasteiger partial charge in [0.05, 0.1) is 5.56 Å². The number of para-hydroxylation sites is 1. The number of aromatic nitrogens is 2. The molecule has 2 heterocycles. The van der Waals surface area contributed by atoms with Gasteiger partial charge < -0.3 is 9.73 Å². The van der Waals surface area contributed by atoms with Gasteiger partial charge in [-0.05, 0) is 18.9 Å². The van der Waals surface area contributed by atoms with E-state index in [0.29, 0.717) is 0 Å². The molecule has 0 fully saturated rings. The van der Waals surface area contributed by atoms with Gasteiger partial charge in [-0.15, -0.1) is 0 Å².